The lowest BCUT2D eigenvalue weighted by atomic mass is 9.82. The first-order chi connectivity index (χ1) is 9.39. The highest BCUT2D eigenvalue weighted by Crippen LogP contribution is 2.42. The minimum absolute atomic E-state index is 0.0232. The fraction of sp³-hybridized carbons (Fsp3) is 1.00. The molecule has 1 fully saturated rings. The predicted molar refractivity (Wildman–Crippen MR) is 78.4 cm³/mol. The Morgan fingerprint density at radius 3 is 2.19 bits per heavy atom. The number of hydrogen-bond donors (Lipinski definition) is 1. The first kappa shape index (κ1) is 18.7. The van der Waals surface area contributed by atoms with Gasteiger partial charge in [0.05, 0.1) is 17.6 Å². The van der Waals surface area contributed by atoms with Crippen molar-refractivity contribution in [2.45, 2.75) is 64.5 Å². The van der Waals surface area contributed by atoms with Gasteiger partial charge in [-0.1, -0.05) is 6.92 Å². The number of hydrogen-bond acceptors (Lipinski definition) is 3. The van der Waals surface area contributed by atoms with Gasteiger partial charge in [0.15, 0.2) is 0 Å². The van der Waals surface area contributed by atoms with E-state index in [2.05, 4.69) is 5.32 Å². The van der Waals surface area contributed by atoms with Crippen molar-refractivity contribution in [1.29, 1.82) is 0 Å². The van der Waals surface area contributed by atoms with E-state index in [1.54, 1.807) is 11.9 Å². The summed E-state index contributed by atoms with van der Waals surface area (Å²) in [7, 11) is 1.75. The molecule has 1 saturated heterocycles. The van der Waals surface area contributed by atoms with Gasteiger partial charge in [0, 0.05) is 25.0 Å². The molecule has 0 saturated carbocycles. The molecule has 2 atom stereocenters. The average Bonchev–Trinajstić information content (AvgIpc) is 2.44. The highest BCUT2D eigenvalue weighted by atomic mass is 19.4. The first-order valence-electron chi connectivity index (χ1n) is 7.58. The third-order valence-corrected chi connectivity index (χ3v) is 4.28. The number of nitrogens with zero attached hydrogens (tertiary/aromatic N) is 1. The van der Waals surface area contributed by atoms with Crippen molar-refractivity contribution in [3.05, 3.63) is 0 Å². The minimum Gasteiger partial charge on any atom is -0.368 e. The molecule has 2 unspecified atom stereocenters. The number of likely N-dealkylation sites (N-methyl/N-ethyl adjacent to an activating group) is 1. The molecule has 0 amide bonds. The second-order valence-corrected chi connectivity index (χ2v) is 7.08. The number of alkyl halides is 3. The molecule has 6 heteroatoms. The monoisotopic (exact) mass is 310 g/mol. The van der Waals surface area contributed by atoms with Gasteiger partial charge in [-0.15, -0.1) is 0 Å². The van der Waals surface area contributed by atoms with Crippen molar-refractivity contribution >= 4 is 0 Å². The van der Waals surface area contributed by atoms with E-state index >= 15 is 0 Å². The summed E-state index contributed by atoms with van der Waals surface area (Å²) in [6, 6.07) is 0.130. The molecule has 0 aromatic rings. The molecule has 0 aliphatic carbocycles. The fourth-order valence-electron chi connectivity index (χ4n) is 3.38. The second kappa shape index (κ2) is 6.42. The summed E-state index contributed by atoms with van der Waals surface area (Å²) in [5.41, 5.74) is -0.683. The van der Waals surface area contributed by atoms with Crippen molar-refractivity contribution in [2.24, 2.45) is 5.92 Å². The van der Waals surface area contributed by atoms with Crippen LogP contribution in [0, 0.1) is 5.92 Å². The van der Waals surface area contributed by atoms with E-state index in [4.69, 9.17) is 4.74 Å². The van der Waals surface area contributed by atoms with Crippen molar-refractivity contribution in [1.82, 2.24) is 10.2 Å². The van der Waals surface area contributed by atoms with Gasteiger partial charge >= 0.3 is 6.18 Å². The maximum absolute atomic E-state index is 12.3. The molecule has 0 spiro atoms. The summed E-state index contributed by atoms with van der Waals surface area (Å²) < 4.78 is 43.2. The predicted octanol–water partition coefficient (Wildman–Crippen LogP) is 3.05. The van der Waals surface area contributed by atoms with E-state index < -0.39 is 12.6 Å². The Hall–Kier alpha value is -0.330. The Morgan fingerprint density at radius 2 is 1.71 bits per heavy atom. The van der Waals surface area contributed by atoms with Gasteiger partial charge in [-0.05, 0) is 41.3 Å². The molecule has 0 radical (unpaired) electrons. The zero-order valence-corrected chi connectivity index (χ0v) is 14.0. The van der Waals surface area contributed by atoms with E-state index in [9.17, 15) is 13.2 Å². The Kier molecular flexibility index (Phi) is 5.73. The Bertz CT molecular complexity index is 342. The molecular formula is C15H29F3N2O. The van der Waals surface area contributed by atoms with Crippen molar-refractivity contribution in [3.63, 3.8) is 0 Å². The molecule has 1 rings (SSSR count). The number of rotatable bonds is 6. The van der Waals surface area contributed by atoms with E-state index in [-0.39, 0.29) is 29.7 Å². The average molecular weight is 310 g/mol. The van der Waals surface area contributed by atoms with Crippen LogP contribution in [-0.2, 0) is 4.74 Å². The summed E-state index contributed by atoms with van der Waals surface area (Å²) in [6.45, 7) is 11.6. The van der Waals surface area contributed by atoms with Gasteiger partial charge in [0.2, 0.25) is 0 Å². The summed E-state index contributed by atoms with van der Waals surface area (Å²) in [5.74, 6) is 0.144. The molecule has 126 valence electrons. The first-order valence-corrected chi connectivity index (χ1v) is 7.58. The topological polar surface area (TPSA) is 24.5 Å². The van der Waals surface area contributed by atoms with E-state index in [0.717, 1.165) is 6.54 Å². The molecule has 3 nitrogen and oxygen atoms in total. The number of nitrogens with one attached hydrogen (secondary N) is 1. The van der Waals surface area contributed by atoms with E-state index in [1.807, 2.05) is 34.6 Å². The Morgan fingerprint density at radius 1 is 1.14 bits per heavy atom. The zero-order chi connectivity index (χ0) is 16.5. The van der Waals surface area contributed by atoms with E-state index in [1.165, 1.54) is 0 Å². The van der Waals surface area contributed by atoms with Gasteiger partial charge in [0.1, 0.15) is 0 Å². The van der Waals surface area contributed by atoms with E-state index in [0.29, 0.717) is 6.54 Å². The van der Waals surface area contributed by atoms with Crippen LogP contribution < -0.4 is 5.32 Å². The highest BCUT2D eigenvalue weighted by Gasteiger charge is 2.53. The summed E-state index contributed by atoms with van der Waals surface area (Å²) in [6.07, 6.45) is -4.87. The van der Waals surface area contributed by atoms with Crippen LogP contribution in [0.4, 0.5) is 13.2 Å². The third-order valence-electron chi connectivity index (χ3n) is 4.28. The van der Waals surface area contributed by atoms with Gasteiger partial charge in [-0.2, -0.15) is 13.2 Å². The van der Waals surface area contributed by atoms with Crippen LogP contribution in [0.3, 0.4) is 0 Å². The minimum atomic E-state index is -4.10. The molecule has 1 N–H and O–H groups in total. The maximum Gasteiger partial charge on any atom is 0.390 e. The van der Waals surface area contributed by atoms with Crippen molar-refractivity contribution < 1.29 is 17.9 Å². The zero-order valence-electron chi connectivity index (χ0n) is 14.0. The molecule has 0 bridgehead atoms. The van der Waals surface area contributed by atoms with Crippen LogP contribution in [0.5, 0.6) is 0 Å². The Labute approximate surface area is 126 Å². The van der Waals surface area contributed by atoms with Gasteiger partial charge in [-0.25, -0.2) is 0 Å². The molecule has 0 aromatic carbocycles. The van der Waals surface area contributed by atoms with Crippen molar-refractivity contribution in [3.8, 4) is 0 Å². The summed E-state index contributed by atoms with van der Waals surface area (Å²) in [5, 5.41) is 3.44. The summed E-state index contributed by atoms with van der Waals surface area (Å²) in [4.78, 5) is 1.76. The van der Waals surface area contributed by atoms with Crippen LogP contribution in [0.2, 0.25) is 0 Å². The highest BCUT2D eigenvalue weighted by molar-refractivity contribution is 5.05. The van der Waals surface area contributed by atoms with Gasteiger partial charge in [0.25, 0.3) is 0 Å². The van der Waals surface area contributed by atoms with Crippen LogP contribution in [0.1, 0.15) is 41.0 Å². The largest absolute Gasteiger partial charge is 0.390 e. The van der Waals surface area contributed by atoms with Crippen LogP contribution in [0.15, 0.2) is 0 Å². The van der Waals surface area contributed by atoms with Crippen LogP contribution >= 0.6 is 0 Å². The van der Waals surface area contributed by atoms with Gasteiger partial charge in [-0.3, -0.25) is 0 Å². The SMILES string of the molecule is CCNC1C(CN(C)CCC(F)(F)F)C(C)(C)OC1(C)C. The van der Waals surface area contributed by atoms with Crippen molar-refractivity contribution in [2.75, 3.05) is 26.7 Å². The maximum atomic E-state index is 12.3. The number of halogens is 3. The third kappa shape index (κ3) is 5.11. The lowest BCUT2D eigenvalue weighted by molar-refractivity contribution is -0.137. The molecular weight excluding hydrogens is 281 g/mol. The smallest absolute Gasteiger partial charge is 0.368 e. The fourth-order valence-corrected chi connectivity index (χ4v) is 3.38. The summed E-state index contributed by atoms with van der Waals surface area (Å²) >= 11 is 0. The molecule has 0 aromatic heterocycles. The number of ether oxygens (including phenoxy) is 1. The lowest BCUT2D eigenvalue weighted by Gasteiger charge is -2.33. The van der Waals surface area contributed by atoms with Gasteiger partial charge < -0.3 is 15.0 Å². The second-order valence-electron chi connectivity index (χ2n) is 7.08. The quantitative estimate of drug-likeness (QED) is 0.816. The molecule has 1 aliphatic heterocycles. The molecule has 1 aliphatic rings. The standard InChI is InChI=1S/C15H29F3N2O/c1-7-19-12-11(13(2,3)21-14(12,4)5)10-20(6)9-8-15(16,17)18/h11-12,19H,7-10H2,1-6H3. The molecule has 21 heavy (non-hydrogen) atoms. The van der Waals surface area contributed by atoms with Crippen LogP contribution in [0.25, 0.3) is 0 Å². The van der Waals surface area contributed by atoms with Crippen LogP contribution in [-0.4, -0.2) is 55.0 Å². The Balaban J connectivity index is 2.73. The molecule has 1 heterocycles. The lowest BCUT2D eigenvalue weighted by Crippen LogP contribution is -2.50. The normalized spacial score (nSPS) is 28.3.